The molecule has 9 heteroatoms. The fourth-order valence-electron chi connectivity index (χ4n) is 3.99. The number of aliphatic hydroxyl groups excluding tert-OH is 2. The Morgan fingerprint density at radius 1 is 0.833 bits per heavy atom. The summed E-state index contributed by atoms with van der Waals surface area (Å²) in [7, 11) is -4.16. The number of hydrogen-bond acceptors (Lipinski definition) is 8. The first-order valence-electron chi connectivity index (χ1n) is 11.6. The summed E-state index contributed by atoms with van der Waals surface area (Å²) in [6.07, 6.45) is -4.19. The van der Waals surface area contributed by atoms with E-state index in [0.717, 1.165) is 16.7 Å². The van der Waals surface area contributed by atoms with E-state index in [1.165, 1.54) is 12.1 Å². The number of aliphatic hydroxyl groups is 2. The van der Waals surface area contributed by atoms with E-state index >= 15 is 0 Å². The van der Waals surface area contributed by atoms with Gasteiger partial charge in [-0.3, -0.25) is 4.18 Å². The molecule has 4 rings (SSSR count). The Kier molecular flexibility index (Phi) is 8.53. The minimum atomic E-state index is -4.16. The van der Waals surface area contributed by atoms with Gasteiger partial charge in [-0.15, -0.1) is 0 Å². The van der Waals surface area contributed by atoms with Gasteiger partial charge in [0, 0.05) is 0 Å². The van der Waals surface area contributed by atoms with Crippen LogP contribution in [0.3, 0.4) is 0 Å². The van der Waals surface area contributed by atoms with Crippen molar-refractivity contribution in [2.75, 3.05) is 13.2 Å². The van der Waals surface area contributed by atoms with E-state index in [1.54, 1.807) is 12.1 Å². The van der Waals surface area contributed by atoms with Gasteiger partial charge in [-0.05, 0) is 30.2 Å². The Morgan fingerprint density at radius 3 is 2.03 bits per heavy atom. The lowest BCUT2D eigenvalue weighted by atomic mass is 9.96. The van der Waals surface area contributed by atoms with Crippen LogP contribution in [0.2, 0.25) is 0 Å². The highest BCUT2D eigenvalue weighted by atomic mass is 32.2. The van der Waals surface area contributed by atoms with Gasteiger partial charge in [0.15, 0.2) is 6.29 Å². The van der Waals surface area contributed by atoms with Crippen LogP contribution in [0.1, 0.15) is 16.7 Å². The number of benzene rings is 3. The van der Waals surface area contributed by atoms with Crippen molar-refractivity contribution >= 4 is 10.1 Å². The SMILES string of the molecule is Cc1ccc(S(=O)(=O)OC[C@]2(COCc3ccccc3)OC(O)[C@H](O)[C@@H]2OCc2ccccc2)cc1. The molecule has 2 N–H and O–H groups in total. The van der Waals surface area contributed by atoms with Crippen molar-refractivity contribution in [3.63, 3.8) is 0 Å². The van der Waals surface area contributed by atoms with Crippen LogP contribution < -0.4 is 0 Å². The smallest absolute Gasteiger partial charge is 0.297 e. The predicted molar refractivity (Wildman–Crippen MR) is 131 cm³/mol. The topological polar surface area (TPSA) is 112 Å². The standard InChI is InChI=1S/C27H30O8S/c1-20-12-14-23(15-13-20)36(30,31)34-19-27(18-32-16-21-8-4-2-5-9-21)25(24(28)26(29)35-27)33-17-22-10-6-3-7-11-22/h2-15,24-26,28-29H,16-19H2,1H3/t24-,25+,26?,27+/m1/s1. The van der Waals surface area contributed by atoms with E-state index in [-0.39, 0.29) is 24.7 Å². The first-order chi connectivity index (χ1) is 17.3. The van der Waals surface area contributed by atoms with Crippen molar-refractivity contribution in [1.82, 2.24) is 0 Å². The summed E-state index contributed by atoms with van der Waals surface area (Å²) in [5.74, 6) is 0. The van der Waals surface area contributed by atoms with Crippen LogP contribution in [0.25, 0.3) is 0 Å². The molecule has 0 amide bonds. The van der Waals surface area contributed by atoms with Crippen molar-refractivity contribution in [1.29, 1.82) is 0 Å². The minimum absolute atomic E-state index is 0.0192. The third kappa shape index (κ3) is 6.37. The van der Waals surface area contributed by atoms with Crippen LogP contribution in [0, 0.1) is 6.92 Å². The quantitative estimate of drug-likeness (QED) is 0.376. The Labute approximate surface area is 211 Å². The summed E-state index contributed by atoms with van der Waals surface area (Å²) < 4.78 is 48.8. The molecular weight excluding hydrogens is 484 g/mol. The number of ether oxygens (including phenoxy) is 3. The van der Waals surface area contributed by atoms with Crippen LogP contribution in [-0.4, -0.2) is 55.9 Å². The minimum Gasteiger partial charge on any atom is -0.385 e. The zero-order valence-corrected chi connectivity index (χ0v) is 20.7. The second-order valence-electron chi connectivity index (χ2n) is 8.79. The number of hydrogen-bond donors (Lipinski definition) is 2. The molecular formula is C27H30O8S. The Bertz CT molecular complexity index is 1200. The summed E-state index contributed by atoms with van der Waals surface area (Å²) in [6, 6.07) is 24.9. The molecule has 0 bridgehead atoms. The van der Waals surface area contributed by atoms with E-state index in [2.05, 4.69) is 0 Å². The molecule has 1 unspecified atom stereocenters. The van der Waals surface area contributed by atoms with Crippen molar-refractivity contribution in [3.8, 4) is 0 Å². The van der Waals surface area contributed by atoms with Gasteiger partial charge >= 0.3 is 0 Å². The van der Waals surface area contributed by atoms with E-state index in [0.29, 0.717) is 0 Å². The first kappa shape index (κ1) is 26.4. The zero-order chi connectivity index (χ0) is 25.6. The van der Waals surface area contributed by atoms with Crippen LogP contribution in [0.5, 0.6) is 0 Å². The second-order valence-corrected chi connectivity index (χ2v) is 10.4. The van der Waals surface area contributed by atoms with Crippen LogP contribution in [-0.2, 0) is 41.7 Å². The average molecular weight is 515 g/mol. The molecule has 3 aromatic carbocycles. The fourth-order valence-corrected chi connectivity index (χ4v) is 4.95. The molecule has 0 aliphatic carbocycles. The first-order valence-corrected chi connectivity index (χ1v) is 13.0. The third-order valence-corrected chi connectivity index (χ3v) is 7.25. The maximum absolute atomic E-state index is 12.9. The Balaban J connectivity index is 1.55. The Morgan fingerprint density at radius 2 is 1.42 bits per heavy atom. The summed E-state index contributed by atoms with van der Waals surface area (Å²) >= 11 is 0. The van der Waals surface area contributed by atoms with Gasteiger partial charge in [-0.25, -0.2) is 0 Å². The van der Waals surface area contributed by atoms with Gasteiger partial charge in [0.05, 0.1) is 24.7 Å². The van der Waals surface area contributed by atoms with Crippen molar-refractivity contribution < 1.29 is 37.0 Å². The zero-order valence-electron chi connectivity index (χ0n) is 19.9. The second kappa shape index (κ2) is 11.6. The molecule has 3 aromatic rings. The molecule has 0 aromatic heterocycles. The van der Waals surface area contributed by atoms with Gasteiger partial charge < -0.3 is 24.4 Å². The monoisotopic (exact) mass is 514 g/mol. The maximum atomic E-state index is 12.9. The lowest BCUT2D eigenvalue weighted by Gasteiger charge is -2.33. The highest BCUT2D eigenvalue weighted by molar-refractivity contribution is 7.86. The van der Waals surface area contributed by atoms with Crippen molar-refractivity contribution in [2.45, 2.75) is 49.1 Å². The molecule has 0 radical (unpaired) electrons. The largest absolute Gasteiger partial charge is 0.385 e. The van der Waals surface area contributed by atoms with E-state index in [9.17, 15) is 18.6 Å². The lowest BCUT2D eigenvalue weighted by Crippen LogP contribution is -2.52. The summed E-state index contributed by atoms with van der Waals surface area (Å²) in [6.45, 7) is 1.42. The lowest BCUT2D eigenvalue weighted by molar-refractivity contribution is -0.196. The molecule has 36 heavy (non-hydrogen) atoms. The summed E-state index contributed by atoms with van der Waals surface area (Å²) in [4.78, 5) is -0.0192. The van der Waals surface area contributed by atoms with Crippen molar-refractivity contribution in [2.24, 2.45) is 0 Å². The van der Waals surface area contributed by atoms with E-state index in [4.69, 9.17) is 18.4 Å². The summed E-state index contributed by atoms with van der Waals surface area (Å²) in [5, 5.41) is 21.1. The normalized spacial score (nSPS) is 24.1. The molecule has 1 aliphatic rings. The molecule has 1 fully saturated rings. The van der Waals surface area contributed by atoms with E-state index in [1.807, 2.05) is 67.6 Å². The molecule has 1 saturated heterocycles. The third-order valence-electron chi connectivity index (χ3n) is 5.97. The highest BCUT2D eigenvalue weighted by Crippen LogP contribution is 2.35. The maximum Gasteiger partial charge on any atom is 0.297 e. The molecule has 192 valence electrons. The summed E-state index contributed by atoms with van der Waals surface area (Å²) in [5.41, 5.74) is 1.03. The van der Waals surface area contributed by atoms with Gasteiger partial charge in [0.2, 0.25) is 0 Å². The molecule has 1 heterocycles. The average Bonchev–Trinajstić information content (AvgIpc) is 3.12. The van der Waals surface area contributed by atoms with Crippen molar-refractivity contribution in [3.05, 3.63) is 102 Å². The van der Waals surface area contributed by atoms with Crippen LogP contribution >= 0.6 is 0 Å². The molecule has 0 spiro atoms. The van der Waals surface area contributed by atoms with Gasteiger partial charge in [0.1, 0.15) is 24.4 Å². The highest BCUT2D eigenvalue weighted by Gasteiger charge is 2.56. The van der Waals surface area contributed by atoms with Gasteiger partial charge in [-0.1, -0.05) is 78.4 Å². The number of aryl methyl sites for hydroxylation is 1. The fraction of sp³-hybridized carbons (Fsp3) is 0.333. The Hall–Kier alpha value is -2.63. The van der Waals surface area contributed by atoms with Gasteiger partial charge in [-0.2, -0.15) is 8.42 Å². The predicted octanol–water partition coefficient (Wildman–Crippen LogP) is 2.95. The van der Waals surface area contributed by atoms with Gasteiger partial charge in [0.25, 0.3) is 10.1 Å². The molecule has 1 aliphatic heterocycles. The van der Waals surface area contributed by atoms with Crippen LogP contribution in [0.4, 0.5) is 0 Å². The molecule has 0 saturated carbocycles. The molecule has 8 nitrogen and oxygen atoms in total. The number of rotatable bonds is 11. The molecule has 4 atom stereocenters. The van der Waals surface area contributed by atoms with E-state index < -0.39 is 40.8 Å². The van der Waals surface area contributed by atoms with Crippen LogP contribution in [0.15, 0.2) is 89.8 Å².